The minimum Gasteiger partial charge on any atom is -0.368 e. The second-order valence-corrected chi connectivity index (χ2v) is 12.2. The SMILES string of the molecule is CN(C)CCC[C@H](Nc1nc(CN2CCN(C(c3ccc(Cl)cc3)c3ccc(Cl)cc3)CC2)nc2ccccc12)C(N)=O. The summed E-state index contributed by atoms with van der Waals surface area (Å²) in [5.41, 5.74) is 9.02. The Morgan fingerprint density at radius 1 is 0.907 bits per heavy atom. The van der Waals surface area contributed by atoms with Gasteiger partial charge in [0.05, 0.1) is 18.1 Å². The van der Waals surface area contributed by atoms with E-state index in [9.17, 15) is 4.79 Å². The number of aromatic nitrogens is 2. The Morgan fingerprint density at radius 3 is 2.09 bits per heavy atom. The van der Waals surface area contributed by atoms with Crippen LogP contribution in [-0.4, -0.2) is 83.4 Å². The molecule has 1 aliphatic rings. The van der Waals surface area contributed by atoms with E-state index >= 15 is 0 Å². The van der Waals surface area contributed by atoms with Gasteiger partial charge in [-0.3, -0.25) is 14.6 Å². The number of carbonyl (C=O) groups excluding carboxylic acids is 1. The quantitative estimate of drug-likeness (QED) is 0.218. The molecule has 0 saturated carbocycles. The molecule has 1 saturated heterocycles. The van der Waals surface area contributed by atoms with Gasteiger partial charge in [-0.15, -0.1) is 0 Å². The number of nitrogens with two attached hydrogens (primary N) is 1. The van der Waals surface area contributed by atoms with E-state index in [1.54, 1.807) is 0 Å². The van der Waals surface area contributed by atoms with Crippen LogP contribution in [0.3, 0.4) is 0 Å². The van der Waals surface area contributed by atoms with E-state index in [0.717, 1.165) is 65.9 Å². The van der Waals surface area contributed by atoms with Crippen LogP contribution in [0.4, 0.5) is 5.82 Å². The van der Waals surface area contributed by atoms with Crippen molar-refractivity contribution in [3.8, 4) is 0 Å². The molecule has 1 aliphatic heterocycles. The molecule has 0 bridgehead atoms. The van der Waals surface area contributed by atoms with E-state index in [2.05, 4.69) is 44.3 Å². The van der Waals surface area contributed by atoms with Gasteiger partial charge in [0.25, 0.3) is 0 Å². The van der Waals surface area contributed by atoms with Gasteiger partial charge in [0.2, 0.25) is 5.91 Å². The highest BCUT2D eigenvalue weighted by atomic mass is 35.5. The molecule has 1 aromatic heterocycles. The van der Waals surface area contributed by atoms with Crippen molar-refractivity contribution in [2.24, 2.45) is 5.73 Å². The summed E-state index contributed by atoms with van der Waals surface area (Å²) < 4.78 is 0. The lowest BCUT2D eigenvalue weighted by Gasteiger charge is -2.39. The zero-order valence-electron chi connectivity index (χ0n) is 24.7. The van der Waals surface area contributed by atoms with Gasteiger partial charge >= 0.3 is 0 Å². The van der Waals surface area contributed by atoms with Gasteiger partial charge < -0.3 is 16.0 Å². The number of nitrogens with zero attached hydrogens (tertiary/aromatic N) is 5. The van der Waals surface area contributed by atoms with E-state index in [-0.39, 0.29) is 11.9 Å². The first-order valence-corrected chi connectivity index (χ1v) is 15.5. The van der Waals surface area contributed by atoms with Crippen LogP contribution in [0.5, 0.6) is 0 Å². The number of fused-ring (bicyclic) bond motifs is 1. The maximum absolute atomic E-state index is 12.3. The fraction of sp³-hybridized carbons (Fsp3) is 0.364. The average molecular weight is 621 g/mol. The second-order valence-electron chi connectivity index (χ2n) is 11.4. The van der Waals surface area contributed by atoms with Crippen LogP contribution in [0.15, 0.2) is 72.8 Å². The molecule has 0 radical (unpaired) electrons. The van der Waals surface area contributed by atoms with Crippen molar-refractivity contribution in [3.63, 3.8) is 0 Å². The van der Waals surface area contributed by atoms with Crippen molar-refractivity contribution in [1.82, 2.24) is 24.7 Å². The zero-order chi connectivity index (χ0) is 30.3. The van der Waals surface area contributed by atoms with Gasteiger partial charge in [-0.05, 0) is 81.0 Å². The fourth-order valence-corrected chi connectivity index (χ4v) is 5.90. The highest BCUT2D eigenvalue weighted by Crippen LogP contribution is 2.31. The average Bonchev–Trinajstić information content (AvgIpc) is 2.99. The summed E-state index contributed by atoms with van der Waals surface area (Å²) in [6.45, 7) is 4.98. The van der Waals surface area contributed by atoms with E-state index in [1.807, 2.05) is 62.6 Å². The predicted octanol–water partition coefficient (Wildman–Crippen LogP) is 5.45. The van der Waals surface area contributed by atoms with Crippen LogP contribution >= 0.6 is 23.2 Å². The number of benzene rings is 3. The monoisotopic (exact) mass is 619 g/mol. The van der Waals surface area contributed by atoms with Crippen molar-refractivity contribution in [2.45, 2.75) is 31.5 Å². The smallest absolute Gasteiger partial charge is 0.239 e. The van der Waals surface area contributed by atoms with E-state index < -0.39 is 6.04 Å². The number of anilines is 1. The standard InChI is InChI=1S/C33H39Cl2N7O/c1-40(2)17-5-8-29(32(36)43)38-33-27-6-3-4-7-28(27)37-30(39-33)22-41-18-20-42(21-19-41)31(23-9-13-25(34)14-10-23)24-11-15-26(35)16-12-24/h3-4,6-7,9-16,29,31H,5,8,17-22H2,1-2H3,(H2,36,43)(H,37,38,39)/t29-/m0/s1. The molecule has 0 aliphatic carbocycles. The minimum absolute atomic E-state index is 0.0997. The van der Waals surface area contributed by atoms with Gasteiger partial charge in [0.1, 0.15) is 17.7 Å². The number of primary amides is 1. The van der Waals surface area contributed by atoms with Gasteiger partial charge in [-0.25, -0.2) is 9.97 Å². The molecule has 4 aromatic rings. The van der Waals surface area contributed by atoms with Crippen molar-refractivity contribution >= 4 is 45.8 Å². The van der Waals surface area contributed by atoms with Gasteiger partial charge in [-0.1, -0.05) is 59.6 Å². The maximum atomic E-state index is 12.3. The van der Waals surface area contributed by atoms with Gasteiger partial charge in [-0.2, -0.15) is 0 Å². The Hall–Kier alpha value is -3.27. The number of piperazine rings is 1. The number of para-hydroxylation sites is 1. The molecule has 1 atom stereocenters. The van der Waals surface area contributed by atoms with E-state index in [0.29, 0.717) is 18.8 Å². The number of carbonyl (C=O) groups is 1. The lowest BCUT2D eigenvalue weighted by molar-refractivity contribution is -0.118. The second kappa shape index (κ2) is 14.5. The van der Waals surface area contributed by atoms with Crippen LogP contribution in [0, 0.1) is 0 Å². The number of halogens is 2. The zero-order valence-corrected chi connectivity index (χ0v) is 26.2. The van der Waals surface area contributed by atoms with Crippen LogP contribution in [0.1, 0.15) is 35.8 Å². The minimum atomic E-state index is -0.507. The van der Waals surface area contributed by atoms with Crippen LogP contribution in [0.25, 0.3) is 10.9 Å². The molecule has 43 heavy (non-hydrogen) atoms. The largest absolute Gasteiger partial charge is 0.368 e. The summed E-state index contributed by atoms with van der Waals surface area (Å²) >= 11 is 12.4. The molecule has 5 rings (SSSR count). The number of amides is 1. The van der Waals surface area contributed by atoms with Crippen molar-refractivity contribution in [1.29, 1.82) is 0 Å². The molecule has 3 N–H and O–H groups in total. The summed E-state index contributed by atoms with van der Waals surface area (Å²) in [7, 11) is 4.04. The van der Waals surface area contributed by atoms with Crippen LogP contribution in [0.2, 0.25) is 10.0 Å². The number of nitrogens with one attached hydrogen (secondary N) is 1. The third kappa shape index (κ3) is 8.22. The molecule has 0 spiro atoms. The Morgan fingerprint density at radius 2 is 1.51 bits per heavy atom. The number of rotatable bonds is 12. The Balaban J connectivity index is 1.31. The lowest BCUT2D eigenvalue weighted by Crippen LogP contribution is -2.47. The molecule has 3 aromatic carbocycles. The van der Waals surface area contributed by atoms with E-state index in [1.165, 1.54) is 11.1 Å². The molecule has 0 unspecified atom stereocenters. The molecular formula is C33H39Cl2N7O. The molecular weight excluding hydrogens is 581 g/mol. The molecule has 2 heterocycles. The molecule has 8 nitrogen and oxygen atoms in total. The molecule has 1 fully saturated rings. The highest BCUT2D eigenvalue weighted by Gasteiger charge is 2.27. The summed E-state index contributed by atoms with van der Waals surface area (Å²) in [5.74, 6) is 0.992. The maximum Gasteiger partial charge on any atom is 0.239 e. The summed E-state index contributed by atoms with van der Waals surface area (Å²) in [6, 6.07) is 23.7. The summed E-state index contributed by atoms with van der Waals surface area (Å²) in [4.78, 5) is 29.1. The lowest BCUT2D eigenvalue weighted by atomic mass is 9.96. The summed E-state index contributed by atoms with van der Waals surface area (Å²) in [5, 5.41) is 5.68. The first-order chi connectivity index (χ1) is 20.8. The topological polar surface area (TPSA) is 90.6 Å². The van der Waals surface area contributed by atoms with Gasteiger partial charge in [0, 0.05) is 41.6 Å². The predicted molar refractivity (Wildman–Crippen MR) is 176 cm³/mol. The Labute approximate surface area is 263 Å². The highest BCUT2D eigenvalue weighted by molar-refractivity contribution is 6.30. The van der Waals surface area contributed by atoms with Crippen molar-refractivity contribution in [2.75, 3.05) is 52.1 Å². The Bertz CT molecular complexity index is 1460. The number of hydrogen-bond donors (Lipinski definition) is 2. The third-order valence-electron chi connectivity index (χ3n) is 7.91. The Kier molecular flexibility index (Phi) is 10.5. The molecule has 226 valence electrons. The normalized spacial score (nSPS) is 15.3. The van der Waals surface area contributed by atoms with Crippen LogP contribution < -0.4 is 11.1 Å². The van der Waals surface area contributed by atoms with Crippen molar-refractivity contribution in [3.05, 3.63) is 99.8 Å². The first-order valence-electron chi connectivity index (χ1n) is 14.7. The molecule has 10 heteroatoms. The first kappa shape index (κ1) is 31.2. The number of hydrogen-bond acceptors (Lipinski definition) is 7. The van der Waals surface area contributed by atoms with Gasteiger partial charge in [0.15, 0.2) is 0 Å². The summed E-state index contributed by atoms with van der Waals surface area (Å²) in [6.07, 6.45) is 1.48. The molecule has 1 amide bonds. The van der Waals surface area contributed by atoms with Crippen molar-refractivity contribution < 1.29 is 4.79 Å². The van der Waals surface area contributed by atoms with Crippen LogP contribution in [-0.2, 0) is 11.3 Å². The van der Waals surface area contributed by atoms with E-state index in [4.69, 9.17) is 38.9 Å². The fourth-order valence-electron chi connectivity index (χ4n) is 5.65. The third-order valence-corrected chi connectivity index (χ3v) is 8.41.